The minimum atomic E-state index is 0. The number of likely N-dealkylation sites (N-methyl/N-ethyl adjacent to an activating group) is 1. The first-order chi connectivity index (χ1) is 6.49. The maximum Gasteiger partial charge on any atom is 0.117 e. The molecule has 0 amide bonds. The van der Waals surface area contributed by atoms with Crippen LogP contribution < -0.4 is 12.4 Å². The molecule has 5 nitrogen and oxygen atoms in total. The highest BCUT2D eigenvalue weighted by Gasteiger charge is 2.09. The van der Waals surface area contributed by atoms with E-state index in [2.05, 4.69) is 21.1 Å². The number of aliphatic hydroxyl groups excluding tert-OH is 2. The Labute approximate surface area is 98.2 Å². The summed E-state index contributed by atoms with van der Waals surface area (Å²) in [4.78, 5) is 5.40. The zero-order valence-corrected chi connectivity index (χ0v) is 10.6. The van der Waals surface area contributed by atoms with E-state index >= 15 is 0 Å². The van der Waals surface area contributed by atoms with Crippen molar-refractivity contribution in [3.05, 3.63) is 0 Å². The largest absolute Gasteiger partial charge is 1.00 e. The monoisotopic (exact) mass is 242 g/mol. The number of nitrogens with zero attached hydrogens (tertiary/aromatic N) is 2. The third kappa shape index (κ3) is 12.0. The third-order valence-corrected chi connectivity index (χ3v) is 1.73. The van der Waals surface area contributed by atoms with E-state index in [1.807, 2.05) is 0 Å². The van der Waals surface area contributed by atoms with Crippen LogP contribution in [0.25, 0.3) is 0 Å². The van der Waals surface area contributed by atoms with Gasteiger partial charge in [-0.1, -0.05) is 0 Å². The van der Waals surface area contributed by atoms with Gasteiger partial charge in [-0.15, -0.1) is 0 Å². The van der Waals surface area contributed by atoms with E-state index < -0.39 is 0 Å². The Morgan fingerprint density at radius 3 is 1.87 bits per heavy atom. The maximum absolute atomic E-state index is 8.72. The first-order valence-electron chi connectivity index (χ1n) is 4.89. The van der Waals surface area contributed by atoms with Gasteiger partial charge in [0.25, 0.3) is 0 Å². The van der Waals surface area contributed by atoms with Crippen molar-refractivity contribution >= 4 is 0 Å². The Hall–Kier alpha value is 0.0900. The molecular formula is C9H23ClN2O3. The van der Waals surface area contributed by atoms with E-state index in [4.69, 9.17) is 15.1 Å². The molecular weight excluding hydrogens is 220 g/mol. The summed E-state index contributed by atoms with van der Waals surface area (Å²) in [7, 11) is 6.27. The van der Waals surface area contributed by atoms with Crippen LogP contribution in [-0.2, 0) is 4.84 Å². The predicted octanol–water partition coefficient (Wildman–Crippen LogP) is -4.09. The average molecular weight is 243 g/mol. The molecule has 0 fully saturated rings. The van der Waals surface area contributed by atoms with Crippen LogP contribution in [0.4, 0.5) is 0 Å². The molecule has 0 unspecified atom stereocenters. The number of hydroxylamine groups is 2. The Morgan fingerprint density at radius 2 is 1.53 bits per heavy atom. The molecule has 0 aromatic carbocycles. The fourth-order valence-corrected chi connectivity index (χ4v) is 0.908. The molecule has 2 N–H and O–H groups in total. The van der Waals surface area contributed by atoms with Gasteiger partial charge in [0.1, 0.15) is 13.2 Å². The second-order valence-corrected chi connectivity index (χ2v) is 4.22. The molecule has 0 rings (SSSR count). The molecule has 15 heavy (non-hydrogen) atoms. The summed E-state index contributed by atoms with van der Waals surface area (Å²) in [5.74, 6) is 0. The number of hydrogen-bond donors (Lipinski definition) is 2. The Bertz CT molecular complexity index is 136. The van der Waals surface area contributed by atoms with Crippen LogP contribution in [0.5, 0.6) is 0 Å². The Kier molecular flexibility index (Phi) is 10.9. The van der Waals surface area contributed by atoms with Crippen LogP contribution in [0.3, 0.4) is 0 Å². The third-order valence-electron chi connectivity index (χ3n) is 1.73. The van der Waals surface area contributed by atoms with Gasteiger partial charge in [-0.2, -0.15) is 5.06 Å². The highest BCUT2D eigenvalue weighted by molar-refractivity contribution is 4.42. The van der Waals surface area contributed by atoms with Crippen LogP contribution >= 0.6 is 0 Å². The minimum absolute atomic E-state index is 0. The highest BCUT2D eigenvalue weighted by Crippen LogP contribution is 1.93. The van der Waals surface area contributed by atoms with E-state index in [1.165, 1.54) is 0 Å². The maximum atomic E-state index is 8.72. The summed E-state index contributed by atoms with van der Waals surface area (Å²) in [6, 6.07) is 0. The molecule has 0 aliphatic heterocycles. The SMILES string of the molecule is C[N+](C)(C)CCON(CCO)CCO.[Cl-]. The quantitative estimate of drug-likeness (QED) is 0.336. The van der Waals surface area contributed by atoms with Gasteiger partial charge in [0, 0.05) is 13.1 Å². The number of aliphatic hydroxyl groups is 2. The molecule has 0 aromatic rings. The Balaban J connectivity index is 0. The minimum Gasteiger partial charge on any atom is -1.00 e. The van der Waals surface area contributed by atoms with Gasteiger partial charge in [0.15, 0.2) is 0 Å². The van der Waals surface area contributed by atoms with E-state index in [9.17, 15) is 0 Å². The molecule has 0 atom stereocenters. The second kappa shape index (κ2) is 9.33. The summed E-state index contributed by atoms with van der Waals surface area (Å²) in [6.45, 7) is 2.47. The number of rotatable bonds is 8. The molecule has 0 bridgehead atoms. The van der Waals surface area contributed by atoms with E-state index in [1.54, 1.807) is 5.06 Å². The van der Waals surface area contributed by atoms with Gasteiger partial charge < -0.3 is 27.1 Å². The first-order valence-corrected chi connectivity index (χ1v) is 4.89. The summed E-state index contributed by atoms with van der Waals surface area (Å²) in [5.41, 5.74) is 0. The summed E-state index contributed by atoms with van der Waals surface area (Å²) < 4.78 is 0.839. The topological polar surface area (TPSA) is 52.9 Å². The van der Waals surface area contributed by atoms with E-state index in [0.717, 1.165) is 11.0 Å². The Morgan fingerprint density at radius 1 is 1.07 bits per heavy atom. The lowest BCUT2D eigenvalue weighted by Crippen LogP contribution is -3.00. The molecule has 0 heterocycles. The molecule has 0 radical (unpaired) electrons. The van der Waals surface area contributed by atoms with E-state index in [0.29, 0.717) is 19.7 Å². The van der Waals surface area contributed by atoms with Crippen molar-refractivity contribution in [1.82, 2.24) is 5.06 Å². The summed E-state index contributed by atoms with van der Waals surface area (Å²) >= 11 is 0. The van der Waals surface area contributed by atoms with Crippen LogP contribution in [0.15, 0.2) is 0 Å². The van der Waals surface area contributed by atoms with Crippen molar-refractivity contribution in [3.8, 4) is 0 Å². The molecule has 0 spiro atoms. The predicted molar refractivity (Wildman–Crippen MR) is 54.6 cm³/mol. The zero-order chi connectivity index (χ0) is 11.0. The summed E-state index contributed by atoms with van der Waals surface area (Å²) in [5, 5.41) is 19.0. The zero-order valence-electron chi connectivity index (χ0n) is 9.82. The van der Waals surface area contributed by atoms with Gasteiger partial charge in [0.05, 0.1) is 34.4 Å². The van der Waals surface area contributed by atoms with Crippen LogP contribution in [0.1, 0.15) is 0 Å². The van der Waals surface area contributed by atoms with Crippen molar-refractivity contribution < 1.29 is 31.9 Å². The van der Waals surface area contributed by atoms with Crippen molar-refractivity contribution in [2.24, 2.45) is 0 Å². The number of hydrogen-bond acceptors (Lipinski definition) is 4. The normalized spacial score (nSPS) is 11.6. The molecule has 0 saturated carbocycles. The van der Waals surface area contributed by atoms with Crippen LogP contribution in [0.2, 0.25) is 0 Å². The summed E-state index contributed by atoms with van der Waals surface area (Å²) in [6.07, 6.45) is 0. The first kappa shape index (κ1) is 17.5. The fourth-order valence-electron chi connectivity index (χ4n) is 0.908. The van der Waals surface area contributed by atoms with Crippen LogP contribution in [0, 0.1) is 0 Å². The van der Waals surface area contributed by atoms with Crippen molar-refractivity contribution in [3.63, 3.8) is 0 Å². The molecule has 0 aliphatic rings. The lowest BCUT2D eigenvalue weighted by molar-refractivity contribution is -0.871. The van der Waals surface area contributed by atoms with Gasteiger partial charge >= 0.3 is 0 Å². The van der Waals surface area contributed by atoms with Crippen molar-refractivity contribution in [1.29, 1.82) is 0 Å². The second-order valence-electron chi connectivity index (χ2n) is 4.22. The molecule has 6 heteroatoms. The molecule has 0 saturated heterocycles. The van der Waals surface area contributed by atoms with Crippen molar-refractivity contribution in [2.45, 2.75) is 0 Å². The fraction of sp³-hybridized carbons (Fsp3) is 1.00. The van der Waals surface area contributed by atoms with Gasteiger partial charge in [0.2, 0.25) is 0 Å². The van der Waals surface area contributed by atoms with Gasteiger partial charge in [-0.3, -0.25) is 4.84 Å². The lowest BCUT2D eigenvalue weighted by atomic mass is 10.5. The molecule has 0 aromatic heterocycles. The van der Waals surface area contributed by atoms with E-state index in [-0.39, 0.29) is 25.6 Å². The smallest absolute Gasteiger partial charge is 0.117 e. The standard InChI is InChI=1S/C9H23N2O3.ClH/c1-11(2,3)6-9-14-10(4-7-12)5-8-13;/h12-13H,4-9H2,1-3H3;1H/q+1;/p-1. The van der Waals surface area contributed by atoms with Crippen LogP contribution in [-0.4, -0.2) is 80.4 Å². The van der Waals surface area contributed by atoms with Crippen molar-refractivity contribution in [2.75, 3.05) is 60.6 Å². The number of quaternary nitrogens is 1. The molecule has 0 aliphatic carbocycles. The van der Waals surface area contributed by atoms with Gasteiger partial charge in [-0.25, -0.2) is 0 Å². The van der Waals surface area contributed by atoms with Gasteiger partial charge in [-0.05, 0) is 0 Å². The average Bonchev–Trinajstić information content (AvgIpc) is 2.02. The number of halogens is 1. The highest BCUT2D eigenvalue weighted by atomic mass is 35.5. The molecule has 94 valence electrons. The lowest BCUT2D eigenvalue weighted by Gasteiger charge is -2.26.